The molecule has 0 aliphatic heterocycles. The second kappa shape index (κ2) is 4.64. The molecule has 72 valence electrons. The van der Waals surface area contributed by atoms with Gasteiger partial charge in [0.15, 0.2) is 0 Å². The predicted molar refractivity (Wildman–Crippen MR) is 52.3 cm³/mol. The van der Waals surface area contributed by atoms with E-state index in [4.69, 9.17) is 5.73 Å². The normalized spacial score (nSPS) is 22.8. The zero-order valence-corrected chi connectivity index (χ0v) is 7.79. The van der Waals surface area contributed by atoms with Gasteiger partial charge in [0, 0.05) is 0 Å². The number of carbonyl (C=O) groups excluding carboxylic acids is 1. The van der Waals surface area contributed by atoms with E-state index in [0.717, 1.165) is 18.8 Å². The first-order chi connectivity index (χ1) is 6.18. The van der Waals surface area contributed by atoms with E-state index in [-0.39, 0.29) is 0 Å². The lowest BCUT2D eigenvalue weighted by Gasteiger charge is -2.14. The topological polar surface area (TPSA) is 67.5 Å². The number of rotatable bonds is 2. The summed E-state index contributed by atoms with van der Waals surface area (Å²) in [6.45, 7) is 2.23. The Morgan fingerprint density at radius 1 is 1.85 bits per heavy atom. The molecule has 2 amide bonds. The third-order valence-electron chi connectivity index (χ3n) is 2.11. The van der Waals surface area contributed by atoms with Crippen LogP contribution in [-0.4, -0.2) is 12.2 Å². The monoisotopic (exact) mass is 181 g/mol. The maximum atomic E-state index is 10.3. The Labute approximate surface area is 77.9 Å². The van der Waals surface area contributed by atoms with Crippen molar-refractivity contribution in [2.24, 2.45) is 16.8 Å². The fraction of sp³-hybridized carbons (Fsp3) is 0.556. The molecule has 0 aromatic carbocycles. The van der Waals surface area contributed by atoms with Gasteiger partial charge in [-0.25, -0.2) is 10.2 Å². The third kappa shape index (κ3) is 3.73. The van der Waals surface area contributed by atoms with Gasteiger partial charge in [0.05, 0.1) is 6.21 Å². The number of nitrogens with one attached hydrogen (secondary N) is 1. The number of allylic oxidation sites excluding steroid dienone is 2. The SMILES string of the molecule is CC1CC=C(/C=N/NC(N)=O)CC1. The molecule has 0 bridgehead atoms. The molecule has 1 aliphatic carbocycles. The summed E-state index contributed by atoms with van der Waals surface area (Å²) in [6.07, 6.45) is 7.13. The van der Waals surface area contributed by atoms with Gasteiger partial charge in [-0.3, -0.25) is 0 Å². The number of hydrogen-bond donors (Lipinski definition) is 2. The van der Waals surface area contributed by atoms with Crippen LogP contribution in [0.1, 0.15) is 26.2 Å². The number of primary amides is 1. The molecule has 0 spiro atoms. The molecule has 0 aromatic heterocycles. The minimum absolute atomic E-state index is 0.624. The first-order valence-corrected chi connectivity index (χ1v) is 4.46. The number of hydrazone groups is 1. The molecule has 1 unspecified atom stereocenters. The Morgan fingerprint density at radius 2 is 2.62 bits per heavy atom. The maximum absolute atomic E-state index is 10.3. The number of hydrogen-bond acceptors (Lipinski definition) is 2. The van der Waals surface area contributed by atoms with E-state index in [0.29, 0.717) is 0 Å². The quantitative estimate of drug-likeness (QED) is 0.490. The van der Waals surface area contributed by atoms with Crippen LogP contribution in [0.25, 0.3) is 0 Å². The van der Waals surface area contributed by atoms with Crippen LogP contribution >= 0.6 is 0 Å². The molecule has 13 heavy (non-hydrogen) atoms. The fourth-order valence-corrected chi connectivity index (χ4v) is 1.28. The standard InChI is InChI=1S/C9H15N3O/c1-7-2-4-8(5-3-7)6-11-12-9(10)13/h4,6-7H,2-3,5H2,1H3,(H3,10,12,13)/b11-6+. The van der Waals surface area contributed by atoms with Crippen molar-refractivity contribution in [3.63, 3.8) is 0 Å². The fourth-order valence-electron chi connectivity index (χ4n) is 1.28. The molecule has 0 radical (unpaired) electrons. The van der Waals surface area contributed by atoms with Crippen molar-refractivity contribution in [3.05, 3.63) is 11.6 Å². The molecule has 4 heteroatoms. The number of amides is 2. The van der Waals surface area contributed by atoms with Crippen molar-refractivity contribution in [1.82, 2.24) is 5.43 Å². The average Bonchev–Trinajstić information content (AvgIpc) is 2.08. The van der Waals surface area contributed by atoms with Crippen LogP contribution in [0.15, 0.2) is 16.8 Å². The lowest BCUT2D eigenvalue weighted by atomic mass is 9.92. The van der Waals surface area contributed by atoms with E-state index >= 15 is 0 Å². The second-order valence-corrected chi connectivity index (χ2v) is 3.39. The van der Waals surface area contributed by atoms with Gasteiger partial charge in [0.25, 0.3) is 0 Å². The molecule has 1 aliphatic rings. The summed E-state index contributed by atoms with van der Waals surface area (Å²) < 4.78 is 0. The Balaban J connectivity index is 2.37. The minimum Gasteiger partial charge on any atom is -0.350 e. The predicted octanol–water partition coefficient (Wildman–Crippen LogP) is 1.39. The molecule has 0 heterocycles. The molecule has 0 fully saturated rings. The molecule has 0 saturated carbocycles. The molecule has 0 saturated heterocycles. The van der Waals surface area contributed by atoms with E-state index in [2.05, 4.69) is 23.5 Å². The highest BCUT2D eigenvalue weighted by Gasteiger charge is 2.07. The molecule has 4 nitrogen and oxygen atoms in total. The lowest BCUT2D eigenvalue weighted by Crippen LogP contribution is -2.24. The van der Waals surface area contributed by atoms with Crippen LogP contribution in [0.5, 0.6) is 0 Å². The zero-order valence-electron chi connectivity index (χ0n) is 7.79. The van der Waals surface area contributed by atoms with E-state index in [1.807, 2.05) is 0 Å². The minimum atomic E-state index is -0.624. The van der Waals surface area contributed by atoms with Gasteiger partial charge >= 0.3 is 6.03 Å². The lowest BCUT2D eigenvalue weighted by molar-refractivity contribution is 0.249. The van der Waals surface area contributed by atoms with Crippen LogP contribution in [0.2, 0.25) is 0 Å². The smallest absolute Gasteiger partial charge is 0.332 e. The van der Waals surface area contributed by atoms with Gasteiger partial charge in [0.1, 0.15) is 0 Å². The first kappa shape index (κ1) is 9.77. The largest absolute Gasteiger partial charge is 0.350 e. The van der Waals surface area contributed by atoms with Gasteiger partial charge in [-0.05, 0) is 30.8 Å². The Kier molecular flexibility index (Phi) is 3.49. The van der Waals surface area contributed by atoms with Gasteiger partial charge in [0.2, 0.25) is 0 Å². The van der Waals surface area contributed by atoms with Crippen LogP contribution in [0.4, 0.5) is 4.79 Å². The Bertz CT molecular complexity index is 245. The summed E-state index contributed by atoms with van der Waals surface area (Å²) in [7, 11) is 0. The van der Waals surface area contributed by atoms with Crippen LogP contribution in [0, 0.1) is 5.92 Å². The van der Waals surface area contributed by atoms with Crippen molar-refractivity contribution in [2.45, 2.75) is 26.2 Å². The highest BCUT2D eigenvalue weighted by molar-refractivity contribution is 5.80. The first-order valence-electron chi connectivity index (χ1n) is 4.46. The second-order valence-electron chi connectivity index (χ2n) is 3.39. The molecule has 1 rings (SSSR count). The summed E-state index contributed by atoms with van der Waals surface area (Å²) >= 11 is 0. The van der Waals surface area contributed by atoms with E-state index in [1.165, 1.54) is 12.0 Å². The summed E-state index contributed by atoms with van der Waals surface area (Å²) in [4.78, 5) is 10.3. The van der Waals surface area contributed by atoms with Crippen molar-refractivity contribution < 1.29 is 4.79 Å². The zero-order chi connectivity index (χ0) is 9.68. The maximum Gasteiger partial charge on any atom is 0.332 e. The number of nitrogens with zero attached hydrogens (tertiary/aromatic N) is 1. The molecular weight excluding hydrogens is 166 g/mol. The highest BCUT2D eigenvalue weighted by Crippen LogP contribution is 2.21. The average molecular weight is 181 g/mol. The summed E-state index contributed by atoms with van der Waals surface area (Å²) in [5.41, 5.74) is 8.19. The number of urea groups is 1. The van der Waals surface area contributed by atoms with Crippen molar-refractivity contribution in [1.29, 1.82) is 0 Å². The van der Waals surface area contributed by atoms with E-state index in [1.54, 1.807) is 6.21 Å². The number of nitrogens with two attached hydrogens (primary N) is 1. The summed E-state index contributed by atoms with van der Waals surface area (Å²) in [5.74, 6) is 0.765. The number of carbonyl (C=O) groups is 1. The molecular formula is C9H15N3O. The molecule has 3 N–H and O–H groups in total. The molecule has 0 aromatic rings. The van der Waals surface area contributed by atoms with Crippen molar-refractivity contribution in [2.75, 3.05) is 0 Å². The Morgan fingerprint density at radius 3 is 3.15 bits per heavy atom. The van der Waals surface area contributed by atoms with Gasteiger partial charge in [-0.15, -0.1) is 0 Å². The molecule has 1 atom stereocenters. The van der Waals surface area contributed by atoms with Crippen LogP contribution < -0.4 is 11.2 Å². The van der Waals surface area contributed by atoms with Crippen LogP contribution in [0.3, 0.4) is 0 Å². The Hall–Kier alpha value is -1.32. The van der Waals surface area contributed by atoms with E-state index < -0.39 is 6.03 Å². The van der Waals surface area contributed by atoms with Crippen molar-refractivity contribution in [3.8, 4) is 0 Å². The highest BCUT2D eigenvalue weighted by atomic mass is 16.2. The van der Waals surface area contributed by atoms with Gasteiger partial charge in [-0.2, -0.15) is 5.10 Å². The van der Waals surface area contributed by atoms with Crippen molar-refractivity contribution >= 4 is 12.2 Å². The van der Waals surface area contributed by atoms with Crippen LogP contribution in [-0.2, 0) is 0 Å². The van der Waals surface area contributed by atoms with Gasteiger partial charge in [-0.1, -0.05) is 13.0 Å². The summed E-state index contributed by atoms with van der Waals surface area (Å²) in [6, 6.07) is -0.624. The van der Waals surface area contributed by atoms with E-state index in [9.17, 15) is 4.79 Å². The third-order valence-corrected chi connectivity index (χ3v) is 2.11. The van der Waals surface area contributed by atoms with Gasteiger partial charge < -0.3 is 5.73 Å². The summed E-state index contributed by atoms with van der Waals surface area (Å²) in [5, 5.41) is 3.70.